The molecule has 0 bridgehead atoms. The first kappa shape index (κ1) is 13.7. The van der Waals surface area contributed by atoms with Crippen LogP contribution in [0.5, 0.6) is 0 Å². The molecule has 0 aromatic heterocycles. The van der Waals surface area contributed by atoms with Crippen LogP contribution in [0.15, 0.2) is 24.3 Å². The highest BCUT2D eigenvalue weighted by molar-refractivity contribution is 5.89. The van der Waals surface area contributed by atoms with Gasteiger partial charge in [-0.15, -0.1) is 0 Å². The molecular weight excluding hydrogens is 218 g/mol. The lowest BCUT2D eigenvalue weighted by Crippen LogP contribution is -2.18. The number of hydrogen-bond donors (Lipinski definition) is 3. The van der Waals surface area contributed by atoms with E-state index < -0.39 is 5.97 Å². The maximum absolute atomic E-state index is 10.9. The van der Waals surface area contributed by atoms with Gasteiger partial charge in [-0.3, -0.25) is 0 Å². The monoisotopic (exact) mass is 237 g/mol. The summed E-state index contributed by atoms with van der Waals surface area (Å²) in [5.41, 5.74) is 1.13. The number of carbonyl (C=O) groups is 1. The summed E-state index contributed by atoms with van der Waals surface area (Å²) < 4.78 is 0. The van der Waals surface area contributed by atoms with Crippen molar-refractivity contribution in [3.63, 3.8) is 0 Å². The minimum Gasteiger partial charge on any atom is -0.478 e. The zero-order chi connectivity index (χ0) is 12.7. The molecule has 1 aromatic carbocycles. The van der Waals surface area contributed by atoms with Crippen molar-refractivity contribution in [1.82, 2.24) is 5.32 Å². The van der Waals surface area contributed by atoms with Gasteiger partial charge in [0.2, 0.25) is 0 Å². The van der Waals surface area contributed by atoms with Gasteiger partial charge in [0.25, 0.3) is 0 Å². The molecule has 1 atom stereocenters. The number of aromatic carboxylic acids is 1. The van der Waals surface area contributed by atoms with Crippen molar-refractivity contribution < 1.29 is 15.0 Å². The number of carboxylic acids is 1. The van der Waals surface area contributed by atoms with Crippen LogP contribution in [0.2, 0.25) is 0 Å². The van der Waals surface area contributed by atoms with Gasteiger partial charge in [-0.2, -0.15) is 0 Å². The summed E-state index contributed by atoms with van der Waals surface area (Å²) in [6.07, 6.45) is 1.36. The molecule has 17 heavy (non-hydrogen) atoms. The number of aliphatic hydroxyl groups excluding tert-OH is 1. The predicted octanol–water partition coefficient (Wildman–Crippen LogP) is 1.64. The van der Waals surface area contributed by atoms with Crippen molar-refractivity contribution in [3.8, 4) is 0 Å². The number of benzene rings is 1. The zero-order valence-corrected chi connectivity index (χ0v) is 10.0. The highest BCUT2D eigenvalue weighted by Gasteiger charge is 2.07. The van der Waals surface area contributed by atoms with Gasteiger partial charge in [0.05, 0.1) is 11.7 Å². The smallest absolute Gasteiger partial charge is 0.336 e. The third-order valence-corrected chi connectivity index (χ3v) is 2.54. The lowest BCUT2D eigenvalue weighted by Gasteiger charge is -2.08. The third-order valence-electron chi connectivity index (χ3n) is 2.54. The van der Waals surface area contributed by atoms with Crippen LogP contribution < -0.4 is 5.32 Å². The Kier molecular flexibility index (Phi) is 5.66. The predicted molar refractivity (Wildman–Crippen MR) is 66.0 cm³/mol. The molecule has 0 amide bonds. The molecule has 0 fully saturated rings. The van der Waals surface area contributed by atoms with Gasteiger partial charge in [0.15, 0.2) is 0 Å². The quantitative estimate of drug-likeness (QED) is 0.630. The van der Waals surface area contributed by atoms with E-state index in [2.05, 4.69) is 5.32 Å². The molecule has 94 valence electrons. The van der Waals surface area contributed by atoms with E-state index in [1.807, 2.05) is 12.1 Å². The van der Waals surface area contributed by atoms with Crippen molar-refractivity contribution in [3.05, 3.63) is 35.4 Å². The maximum Gasteiger partial charge on any atom is 0.336 e. The minimum atomic E-state index is -0.897. The maximum atomic E-state index is 10.9. The van der Waals surface area contributed by atoms with Crippen LogP contribution in [-0.2, 0) is 6.54 Å². The SMILES string of the molecule is CC(O)CCCNCc1ccccc1C(=O)O. The minimum absolute atomic E-state index is 0.275. The van der Waals surface area contributed by atoms with Crippen LogP contribution in [-0.4, -0.2) is 28.8 Å². The average molecular weight is 237 g/mol. The molecule has 4 heteroatoms. The van der Waals surface area contributed by atoms with E-state index in [4.69, 9.17) is 10.2 Å². The van der Waals surface area contributed by atoms with Crippen LogP contribution in [0.25, 0.3) is 0 Å². The molecule has 0 aliphatic heterocycles. The Hall–Kier alpha value is -1.39. The van der Waals surface area contributed by atoms with Crippen LogP contribution >= 0.6 is 0 Å². The number of carboxylic acid groups (broad SMARTS) is 1. The third kappa shape index (κ3) is 4.97. The summed E-state index contributed by atoms with van der Waals surface area (Å²) in [6, 6.07) is 6.97. The Morgan fingerprint density at radius 1 is 1.41 bits per heavy atom. The molecular formula is C13H19NO3. The molecule has 4 nitrogen and oxygen atoms in total. The van der Waals surface area contributed by atoms with Gasteiger partial charge >= 0.3 is 5.97 Å². The first-order valence-electron chi connectivity index (χ1n) is 5.81. The molecule has 0 saturated heterocycles. The molecule has 1 unspecified atom stereocenters. The molecule has 1 aromatic rings. The highest BCUT2D eigenvalue weighted by Crippen LogP contribution is 2.08. The van der Waals surface area contributed by atoms with Crippen molar-refractivity contribution >= 4 is 5.97 Å². The Morgan fingerprint density at radius 2 is 2.12 bits per heavy atom. The molecule has 3 N–H and O–H groups in total. The van der Waals surface area contributed by atoms with Crippen LogP contribution in [0.3, 0.4) is 0 Å². The highest BCUT2D eigenvalue weighted by atomic mass is 16.4. The molecule has 0 radical (unpaired) electrons. The lowest BCUT2D eigenvalue weighted by atomic mass is 10.1. The Bertz CT molecular complexity index is 363. The molecule has 0 aliphatic carbocycles. The van der Waals surface area contributed by atoms with Crippen molar-refractivity contribution in [2.75, 3.05) is 6.54 Å². The normalized spacial score (nSPS) is 12.4. The Labute approximate surface area is 101 Å². The van der Waals surface area contributed by atoms with E-state index in [1.165, 1.54) is 0 Å². The summed E-state index contributed by atoms with van der Waals surface area (Å²) in [7, 11) is 0. The largest absolute Gasteiger partial charge is 0.478 e. The summed E-state index contributed by atoms with van der Waals surface area (Å²) in [6.45, 7) is 3.08. The van der Waals surface area contributed by atoms with Gasteiger partial charge in [-0.1, -0.05) is 18.2 Å². The van der Waals surface area contributed by atoms with Crippen molar-refractivity contribution in [2.45, 2.75) is 32.4 Å². The lowest BCUT2D eigenvalue weighted by molar-refractivity contribution is 0.0695. The van der Waals surface area contributed by atoms with Gasteiger partial charge in [0, 0.05) is 6.54 Å². The zero-order valence-electron chi connectivity index (χ0n) is 10.0. The van der Waals surface area contributed by atoms with Gasteiger partial charge in [-0.25, -0.2) is 4.79 Å². The van der Waals surface area contributed by atoms with Crippen LogP contribution in [0.1, 0.15) is 35.7 Å². The fourth-order valence-electron chi connectivity index (χ4n) is 1.63. The summed E-state index contributed by atoms with van der Waals surface area (Å²) >= 11 is 0. The first-order chi connectivity index (χ1) is 8.11. The molecule has 0 aliphatic rings. The summed E-state index contributed by atoms with van der Waals surface area (Å²) in [4.78, 5) is 10.9. The second-order valence-corrected chi connectivity index (χ2v) is 4.13. The van der Waals surface area contributed by atoms with E-state index >= 15 is 0 Å². The number of nitrogens with one attached hydrogen (secondary N) is 1. The van der Waals surface area contributed by atoms with Crippen LogP contribution in [0, 0.1) is 0 Å². The Balaban J connectivity index is 2.39. The molecule has 1 rings (SSSR count). The molecule has 0 spiro atoms. The van der Waals surface area contributed by atoms with Gasteiger partial charge in [-0.05, 0) is 37.9 Å². The second kappa shape index (κ2) is 7.04. The van der Waals surface area contributed by atoms with Crippen molar-refractivity contribution in [2.24, 2.45) is 0 Å². The average Bonchev–Trinajstić information content (AvgIpc) is 2.28. The van der Waals surface area contributed by atoms with E-state index in [0.717, 1.165) is 24.9 Å². The van der Waals surface area contributed by atoms with E-state index in [-0.39, 0.29) is 6.10 Å². The van der Waals surface area contributed by atoms with E-state index in [0.29, 0.717) is 12.1 Å². The number of aliphatic hydroxyl groups is 1. The topological polar surface area (TPSA) is 69.6 Å². The fourth-order valence-corrected chi connectivity index (χ4v) is 1.63. The summed E-state index contributed by atoms with van der Waals surface area (Å²) in [5, 5.41) is 21.2. The fraction of sp³-hybridized carbons (Fsp3) is 0.462. The second-order valence-electron chi connectivity index (χ2n) is 4.13. The standard InChI is InChI=1S/C13H19NO3/c1-10(15)5-4-8-14-9-11-6-2-3-7-12(11)13(16)17/h2-3,6-7,10,14-15H,4-5,8-9H2,1H3,(H,16,17). The van der Waals surface area contributed by atoms with Crippen LogP contribution in [0.4, 0.5) is 0 Å². The summed E-state index contributed by atoms with van der Waals surface area (Å²) in [5.74, 6) is -0.897. The molecule has 0 saturated carbocycles. The van der Waals surface area contributed by atoms with Crippen molar-refractivity contribution in [1.29, 1.82) is 0 Å². The van der Waals surface area contributed by atoms with E-state index in [1.54, 1.807) is 19.1 Å². The van der Waals surface area contributed by atoms with E-state index in [9.17, 15) is 4.79 Å². The van der Waals surface area contributed by atoms with Gasteiger partial charge < -0.3 is 15.5 Å². The Morgan fingerprint density at radius 3 is 2.76 bits per heavy atom. The molecule has 0 heterocycles. The first-order valence-corrected chi connectivity index (χ1v) is 5.81. The number of rotatable bonds is 7. The number of hydrogen-bond acceptors (Lipinski definition) is 3. The van der Waals surface area contributed by atoms with Gasteiger partial charge in [0.1, 0.15) is 0 Å².